The molecule has 28 nitrogen and oxygen atoms in total. The van der Waals surface area contributed by atoms with Crippen LogP contribution in [0.3, 0.4) is 0 Å². The molecule has 7 N–H and O–H groups in total. The monoisotopic (exact) mass is 1360 g/mol. The summed E-state index contributed by atoms with van der Waals surface area (Å²) >= 11 is 0. The van der Waals surface area contributed by atoms with E-state index in [0.717, 1.165) is 5.92 Å². The second kappa shape index (κ2) is 45.6. The first-order valence-electron chi connectivity index (χ1n) is 32.7. The number of hydrogen-bond acceptors (Lipinski definition) is 28. The van der Waals surface area contributed by atoms with Gasteiger partial charge in [0.25, 0.3) is 0 Å². The summed E-state index contributed by atoms with van der Waals surface area (Å²) in [5.41, 5.74) is 0. The number of rotatable bonds is 16. The predicted octanol–water partition coefficient (Wildman–Crippen LogP) is 3.30. The van der Waals surface area contributed by atoms with Crippen LogP contribution in [0.15, 0.2) is 0 Å². The summed E-state index contributed by atoms with van der Waals surface area (Å²) in [4.78, 5) is 0. The van der Waals surface area contributed by atoms with Crippen molar-refractivity contribution in [2.75, 3.05) is 98.5 Å². The first-order chi connectivity index (χ1) is 43.8. The average molecular weight is 1360 g/mol. The van der Waals surface area contributed by atoms with Crippen molar-refractivity contribution in [3.8, 4) is 0 Å². The van der Waals surface area contributed by atoms with Crippen LogP contribution in [0.1, 0.15) is 111 Å². The molecular weight excluding hydrogens is 1230 g/mol. The lowest BCUT2D eigenvalue weighted by Gasteiger charge is -2.43. The van der Waals surface area contributed by atoms with Crippen molar-refractivity contribution in [3.63, 3.8) is 0 Å². The second-order valence-corrected chi connectivity index (χ2v) is 24.8. The van der Waals surface area contributed by atoms with E-state index in [4.69, 9.17) is 115 Å². The highest BCUT2D eigenvalue weighted by Gasteiger charge is 2.49. The third-order valence-corrected chi connectivity index (χ3v) is 19.4. The molecule has 0 aromatic heterocycles. The van der Waals surface area contributed by atoms with Crippen molar-refractivity contribution in [2.24, 2.45) is 35.5 Å². The molecule has 93 heavy (non-hydrogen) atoms. The second-order valence-electron chi connectivity index (χ2n) is 24.8. The largest absolute Gasteiger partial charge is 0.388 e. The molecule has 0 amide bonds. The Morgan fingerprint density at radius 1 is 0.215 bits per heavy atom. The molecule has 0 aliphatic carbocycles. The first kappa shape index (κ1) is 89.9. The van der Waals surface area contributed by atoms with Gasteiger partial charge in [0.15, 0.2) is 37.7 Å². The van der Waals surface area contributed by atoms with Crippen LogP contribution in [0, 0.1) is 35.5 Å². The average Bonchev–Trinajstić information content (AvgIpc) is 0.862. The maximum absolute atomic E-state index is 9.67. The van der Waals surface area contributed by atoms with Crippen molar-refractivity contribution < 1.29 is 135 Å². The molecule has 7 aliphatic rings. The van der Waals surface area contributed by atoms with Gasteiger partial charge in [-0.05, 0) is 98.8 Å². The van der Waals surface area contributed by atoms with Gasteiger partial charge in [-0.2, -0.15) is 0 Å². The molecule has 7 aliphatic heterocycles. The Morgan fingerprint density at radius 2 is 0.484 bits per heavy atom. The molecule has 8 unspecified atom stereocenters. The number of aliphatic hydroxyl groups excluding tert-OH is 7. The van der Waals surface area contributed by atoms with Crippen LogP contribution in [0.25, 0.3) is 0 Å². The smallest absolute Gasteiger partial charge is 0.186 e. The van der Waals surface area contributed by atoms with Crippen molar-refractivity contribution in [1.82, 2.24) is 0 Å². The van der Waals surface area contributed by atoms with Crippen LogP contribution >= 0.6 is 0 Å². The van der Waals surface area contributed by atoms with Gasteiger partial charge < -0.3 is 135 Å². The summed E-state index contributed by atoms with van der Waals surface area (Å²) in [5.74, 6) is 3.58. The Morgan fingerprint density at radius 3 is 0.828 bits per heavy atom. The van der Waals surface area contributed by atoms with E-state index in [9.17, 15) is 15.3 Å². The lowest BCUT2D eigenvalue weighted by Crippen LogP contribution is -2.59. The Kier molecular flexibility index (Phi) is 44.1. The van der Waals surface area contributed by atoms with Gasteiger partial charge in [0.05, 0.1) is 48.8 Å². The van der Waals surface area contributed by atoms with Gasteiger partial charge in [-0.1, -0.05) is 41.5 Å². The van der Waals surface area contributed by atoms with Gasteiger partial charge in [0.2, 0.25) is 0 Å². The molecule has 28 heteroatoms. The number of methoxy groups -OCH3 is 12. The lowest BCUT2D eigenvalue weighted by atomic mass is 9.77. The number of ether oxygens (including phenoxy) is 21. The van der Waals surface area contributed by atoms with E-state index in [-0.39, 0.29) is 97.5 Å². The molecule has 0 bridgehead atoms. The fourth-order valence-corrected chi connectivity index (χ4v) is 12.5. The Labute approximate surface area is 556 Å². The summed E-state index contributed by atoms with van der Waals surface area (Å²) in [6, 6.07) is 0. The third-order valence-electron chi connectivity index (χ3n) is 19.4. The molecule has 0 aromatic carbocycles. The van der Waals surface area contributed by atoms with Crippen LogP contribution in [0.2, 0.25) is 0 Å². The van der Waals surface area contributed by atoms with Crippen molar-refractivity contribution in [3.05, 3.63) is 0 Å². The molecule has 0 spiro atoms. The molecule has 0 aromatic rings. The standard InChI is InChI=1S/C11H22O5.2C10H20O5.C10H20O.C9H18O5.C9H18O2.C6H12O5/c1-6-15-9-8(12-3)7(2)16-11(14-5)10(9)13-4;1-6-7(11-2)8(12-3)9(13-4)10(14-5)15-6;1-5-14-8-7(12-3)6(2)15-10(11)9(8)13-4;1-6-7(2)9(4)11-10(5)8(6)3;1-5-6(11-2)7(12-3)8(13-4)9(10)14-5;1-5-6(2)8(4)11-9(10)7(5)3;1-2-3(7)4(8)5(9)6(10)11-2/h7-11H,6H2,1-5H3;6-10H,1-5H3;6-11H,5H2,1-4H3;6-10H,1-5H3;5-10H,1-4H3;5-10H,1-4H3;2-10H,1H3/t7-,8-,9+,10+,11?;2*6-,7-,8+,9+,10?;6?,7-,8-,9+,10?;5-,6-,7+,8+,9?;5-,6-,7-,8+,9?;2-,3-,4+,5+,6?/m0001010/s1. The van der Waals surface area contributed by atoms with E-state index in [1.165, 1.54) is 21.1 Å². The Balaban J connectivity index is 0.000000545. The summed E-state index contributed by atoms with van der Waals surface area (Å²) < 4.78 is 112. The van der Waals surface area contributed by atoms with Crippen LogP contribution < -0.4 is 0 Å². The van der Waals surface area contributed by atoms with Crippen molar-refractivity contribution in [2.45, 2.75) is 289 Å². The van der Waals surface area contributed by atoms with Gasteiger partial charge >= 0.3 is 0 Å². The predicted molar refractivity (Wildman–Crippen MR) is 341 cm³/mol. The zero-order chi connectivity index (χ0) is 71.5. The maximum atomic E-state index is 9.67. The molecule has 35 atom stereocenters. The minimum absolute atomic E-state index is 0.0853. The van der Waals surface area contributed by atoms with E-state index < -0.39 is 74.4 Å². The SMILES string of the molecule is CC1O[C@@H](C)[C@H](C)C(C)[C@H]1C.CCO[C@@H]1[C@@H](OC)[C@H](C)OC(O)[C@@H]1OC.CCO[C@@H]1[C@@H](OC)[C@H](C)OC(OC)[C@@H]1OC.COC1O[C@@H](C)[C@H](OC)[C@@H](OC)[C@H]1OC.CO[C@@H]1[C@@H](OC)[C@@H](OC)C(O)O[C@H]1C.C[C@@H]1OC(O)[C@H](O)[C@H](O)[C@H]1O.C[C@@H]1[C@@H](C)[C@@H](C)C(O)O[C@H]1C. The van der Waals surface area contributed by atoms with Gasteiger partial charge in [-0.15, -0.1) is 0 Å². The highest BCUT2D eigenvalue weighted by Crippen LogP contribution is 2.36. The summed E-state index contributed by atoms with van der Waals surface area (Å²) in [7, 11) is 19.1. The third kappa shape index (κ3) is 25.2. The highest BCUT2D eigenvalue weighted by molar-refractivity contribution is 4.94. The van der Waals surface area contributed by atoms with Gasteiger partial charge in [0, 0.05) is 104 Å². The molecule has 7 fully saturated rings. The van der Waals surface area contributed by atoms with Gasteiger partial charge in [-0.3, -0.25) is 0 Å². The molecule has 0 saturated carbocycles. The van der Waals surface area contributed by atoms with Gasteiger partial charge in [0.1, 0.15) is 91.6 Å². The topological polar surface area (TPSA) is 335 Å². The van der Waals surface area contributed by atoms with Crippen LogP contribution in [-0.4, -0.2) is 312 Å². The summed E-state index contributed by atoms with van der Waals surface area (Å²) in [5, 5.41) is 64.6. The molecule has 7 saturated heterocycles. The molecule has 0 radical (unpaired) electrons. The van der Waals surface area contributed by atoms with Gasteiger partial charge in [-0.25, -0.2) is 0 Å². The molecule has 558 valence electrons. The minimum atomic E-state index is -1.43. The quantitative estimate of drug-likeness (QED) is 0.117. The zero-order valence-electron chi connectivity index (χ0n) is 61.3. The van der Waals surface area contributed by atoms with Crippen LogP contribution in [0.5, 0.6) is 0 Å². The maximum Gasteiger partial charge on any atom is 0.186 e. The Hall–Kier alpha value is -1.12. The first-order valence-corrected chi connectivity index (χ1v) is 32.7. The fraction of sp³-hybridized carbons (Fsp3) is 1.00. The zero-order valence-corrected chi connectivity index (χ0v) is 61.3. The van der Waals surface area contributed by atoms with E-state index >= 15 is 0 Å². The summed E-state index contributed by atoms with van der Waals surface area (Å²) in [6.07, 6.45) is -12.1. The van der Waals surface area contributed by atoms with E-state index in [1.807, 2.05) is 55.4 Å². The van der Waals surface area contributed by atoms with E-state index in [0.29, 0.717) is 49.1 Å². The normalized spacial score (nSPS) is 45.6. The van der Waals surface area contributed by atoms with E-state index in [1.54, 1.807) is 71.1 Å². The lowest BCUT2D eigenvalue weighted by molar-refractivity contribution is -0.301. The van der Waals surface area contributed by atoms with Crippen LogP contribution in [-0.2, 0) is 99.5 Å². The van der Waals surface area contributed by atoms with E-state index in [2.05, 4.69) is 53.2 Å². The fourth-order valence-electron chi connectivity index (χ4n) is 12.5. The number of hydrogen-bond donors (Lipinski definition) is 7. The minimum Gasteiger partial charge on any atom is -0.388 e. The Bertz CT molecular complexity index is 1720. The van der Waals surface area contributed by atoms with Crippen molar-refractivity contribution >= 4 is 0 Å². The highest BCUT2D eigenvalue weighted by atomic mass is 16.7. The number of aliphatic hydroxyl groups is 7. The van der Waals surface area contributed by atoms with Crippen molar-refractivity contribution in [1.29, 1.82) is 0 Å². The molecule has 7 rings (SSSR count). The molecular formula is C65H130O28. The molecule has 7 heterocycles. The van der Waals surface area contributed by atoms with Crippen LogP contribution in [0.4, 0.5) is 0 Å². The summed E-state index contributed by atoms with van der Waals surface area (Å²) in [6.45, 7) is 33.7.